The summed E-state index contributed by atoms with van der Waals surface area (Å²) in [7, 11) is 0. The number of fused-ring (bicyclic) bond motifs is 2. The summed E-state index contributed by atoms with van der Waals surface area (Å²) in [5.41, 5.74) is 2.72. The molecule has 170 valence electrons. The molecule has 1 aromatic heterocycles. The van der Waals surface area contributed by atoms with Crippen molar-refractivity contribution < 1.29 is 14.3 Å². The van der Waals surface area contributed by atoms with E-state index in [4.69, 9.17) is 0 Å². The van der Waals surface area contributed by atoms with Gasteiger partial charge in [-0.1, -0.05) is 18.2 Å². The Labute approximate surface area is 190 Å². The van der Waals surface area contributed by atoms with E-state index < -0.39 is 0 Å². The van der Waals surface area contributed by atoms with Crippen molar-refractivity contribution in [2.45, 2.75) is 25.6 Å². The highest BCUT2D eigenvalue weighted by atomic mass is 19.1. The molecule has 0 bridgehead atoms. The minimum Gasteiger partial charge on any atom is -0.394 e. The van der Waals surface area contributed by atoms with Crippen molar-refractivity contribution in [3.05, 3.63) is 72.2 Å². The van der Waals surface area contributed by atoms with Gasteiger partial charge in [-0.15, -0.1) is 0 Å². The van der Waals surface area contributed by atoms with E-state index >= 15 is 0 Å². The Bertz CT molecular complexity index is 1300. The molecule has 0 radical (unpaired) electrons. The Morgan fingerprint density at radius 1 is 1.09 bits per heavy atom. The number of hydrogen-bond donors (Lipinski definition) is 3. The summed E-state index contributed by atoms with van der Waals surface area (Å²) in [5, 5.41) is 22.3. The molecule has 2 heterocycles. The van der Waals surface area contributed by atoms with Crippen LogP contribution in [0.2, 0.25) is 0 Å². The topological polar surface area (TPSA) is 82.4 Å². The number of anilines is 1. The number of aliphatic hydroxyl groups is 1. The van der Waals surface area contributed by atoms with Gasteiger partial charge in [0.2, 0.25) is 0 Å². The van der Waals surface area contributed by atoms with Crippen LogP contribution in [0, 0.1) is 5.82 Å². The van der Waals surface area contributed by atoms with Crippen LogP contribution in [0.3, 0.4) is 0 Å². The van der Waals surface area contributed by atoms with Crippen LogP contribution in [0.1, 0.15) is 12.0 Å². The molecule has 0 unspecified atom stereocenters. The maximum atomic E-state index is 13.4. The highest BCUT2D eigenvalue weighted by Crippen LogP contribution is 2.21. The number of aliphatic hydroxyl groups excluding tert-OH is 1. The summed E-state index contributed by atoms with van der Waals surface area (Å²) in [5.74, 6) is -0.224. The maximum Gasteiger partial charge on any atom is 0.319 e. The van der Waals surface area contributed by atoms with E-state index in [2.05, 4.69) is 26.7 Å². The number of urea groups is 1. The SMILES string of the molecule is O=C(Nc1ccc2cnn(CCO)c2c1)N[C@@H]1CCN(Cc2ccc3cc(F)ccc3c2)C1. The molecule has 0 aliphatic carbocycles. The van der Waals surface area contributed by atoms with Gasteiger partial charge in [0.05, 0.1) is 24.9 Å². The van der Waals surface area contributed by atoms with E-state index in [0.717, 1.165) is 47.7 Å². The van der Waals surface area contributed by atoms with Crippen molar-refractivity contribution in [2.24, 2.45) is 0 Å². The number of halogens is 1. The first-order chi connectivity index (χ1) is 16.1. The van der Waals surface area contributed by atoms with Crippen molar-refractivity contribution in [3.8, 4) is 0 Å². The van der Waals surface area contributed by atoms with Gasteiger partial charge in [0, 0.05) is 36.7 Å². The highest BCUT2D eigenvalue weighted by Gasteiger charge is 2.24. The molecule has 0 saturated carbocycles. The molecular formula is C25H26FN5O2. The van der Waals surface area contributed by atoms with Crippen LogP contribution in [0.4, 0.5) is 14.9 Å². The van der Waals surface area contributed by atoms with Crippen molar-refractivity contribution in [1.29, 1.82) is 0 Å². The number of aromatic nitrogens is 2. The summed E-state index contributed by atoms with van der Waals surface area (Å²) in [4.78, 5) is 14.9. The molecule has 1 fully saturated rings. The summed E-state index contributed by atoms with van der Waals surface area (Å²) in [6.45, 7) is 2.88. The first kappa shape index (κ1) is 21.4. The third kappa shape index (κ3) is 4.81. The molecule has 0 spiro atoms. The zero-order valence-electron chi connectivity index (χ0n) is 18.2. The van der Waals surface area contributed by atoms with Crippen LogP contribution in [0.5, 0.6) is 0 Å². The molecule has 1 saturated heterocycles. The van der Waals surface area contributed by atoms with Crippen molar-refractivity contribution in [2.75, 3.05) is 25.0 Å². The van der Waals surface area contributed by atoms with Gasteiger partial charge < -0.3 is 15.7 Å². The fourth-order valence-corrected chi connectivity index (χ4v) is 4.49. The van der Waals surface area contributed by atoms with Crippen LogP contribution in [-0.4, -0.2) is 51.6 Å². The van der Waals surface area contributed by atoms with Gasteiger partial charge in [0.15, 0.2) is 0 Å². The third-order valence-electron chi connectivity index (χ3n) is 6.09. The minimum absolute atomic E-state index is 0.00482. The van der Waals surface area contributed by atoms with Gasteiger partial charge in [0.1, 0.15) is 5.82 Å². The number of amides is 2. The van der Waals surface area contributed by atoms with E-state index in [9.17, 15) is 14.3 Å². The quantitative estimate of drug-likeness (QED) is 0.421. The average molecular weight is 448 g/mol. The molecule has 1 aliphatic rings. The van der Waals surface area contributed by atoms with Gasteiger partial charge in [0.25, 0.3) is 0 Å². The lowest BCUT2D eigenvalue weighted by Gasteiger charge is -2.17. The summed E-state index contributed by atoms with van der Waals surface area (Å²) in [6, 6.07) is 16.4. The van der Waals surface area contributed by atoms with Crippen LogP contribution < -0.4 is 10.6 Å². The Morgan fingerprint density at radius 3 is 2.79 bits per heavy atom. The summed E-state index contributed by atoms with van der Waals surface area (Å²) < 4.78 is 15.1. The molecular weight excluding hydrogens is 421 g/mol. The third-order valence-corrected chi connectivity index (χ3v) is 6.09. The molecule has 33 heavy (non-hydrogen) atoms. The number of nitrogens with zero attached hydrogens (tertiary/aromatic N) is 3. The second-order valence-corrected chi connectivity index (χ2v) is 8.51. The second kappa shape index (κ2) is 9.17. The van der Waals surface area contributed by atoms with Crippen LogP contribution >= 0.6 is 0 Å². The van der Waals surface area contributed by atoms with Crippen molar-refractivity contribution >= 4 is 33.4 Å². The van der Waals surface area contributed by atoms with E-state index in [1.54, 1.807) is 23.0 Å². The van der Waals surface area contributed by atoms with Gasteiger partial charge in [-0.25, -0.2) is 9.18 Å². The predicted molar refractivity (Wildman–Crippen MR) is 127 cm³/mol. The zero-order chi connectivity index (χ0) is 22.8. The van der Waals surface area contributed by atoms with E-state index in [1.807, 2.05) is 30.3 Å². The number of benzene rings is 3. The molecule has 1 atom stereocenters. The fourth-order valence-electron chi connectivity index (χ4n) is 4.49. The van der Waals surface area contributed by atoms with Gasteiger partial charge in [-0.05, 0) is 59.2 Å². The molecule has 1 aliphatic heterocycles. The van der Waals surface area contributed by atoms with Crippen molar-refractivity contribution in [1.82, 2.24) is 20.0 Å². The molecule has 5 rings (SSSR count). The molecule has 2 amide bonds. The normalized spacial score (nSPS) is 16.5. The Hall–Kier alpha value is -3.49. The van der Waals surface area contributed by atoms with Crippen LogP contribution in [-0.2, 0) is 13.1 Å². The standard InChI is InChI=1S/C25H26FN5O2/c26-21-5-3-18-11-17(1-2-19(18)12-21)15-30-8-7-23(16-30)29-25(33)28-22-6-4-20-14-27-31(9-10-32)24(20)13-22/h1-6,11-14,23,32H,7-10,15-16H2,(H2,28,29,33)/t23-/m1/s1. The number of carbonyl (C=O) groups excluding carboxylic acids is 1. The monoisotopic (exact) mass is 447 g/mol. The summed E-state index contributed by atoms with van der Waals surface area (Å²) in [6.07, 6.45) is 2.63. The Balaban J connectivity index is 1.16. The van der Waals surface area contributed by atoms with Crippen LogP contribution in [0.25, 0.3) is 21.7 Å². The van der Waals surface area contributed by atoms with Gasteiger partial charge in [-0.2, -0.15) is 5.10 Å². The summed E-state index contributed by atoms with van der Waals surface area (Å²) >= 11 is 0. The number of rotatable bonds is 6. The minimum atomic E-state index is -0.234. The number of likely N-dealkylation sites (tertiary alicyclic amines) is 1. The van der Waals surface area contributed by atoms with Gasteiger partial charge >= 0.3 is 6.03 Å². The zero-order valence-corrected chi connectivity index (χ0v) is 18.2. The average Bonchev–Trinajstić information content (AvgIpc) is 3.40. The Kier molecular flexibility index (Phi) is 5.93. The van der Waals surface area contributed by atoms with Gasteiger partial charge in [-0.3, -0.25) is 9.58 Å². The smallest absolute Gasteiger partial charge is 0.319 e. The van der Waals surface area contributed by atoms with E-state index in [1.165, 1.54) is 11.6 Å². The number of hydrogen-bond acceptors (Lipinski definition) is 4. The lowest BCUT2D eigenvalue weighted by atomic mass is 10.1. The lowest BCUT2D eigenvalue weighted by Crippen LogP contribution is -2.39. The first-order valence-electron chi connectivity index (χ1n) is 11.1. The van der Waals surface area contributed by atoms with Crippen molar-refractivity contribution in [3.63, 3.8) is 0 Å². The Morgan fingerprint density at radius 2 is 1.91 bits per heavy atom. The highest BCUT2D eigenvalue weighted by molar-refractivity contribution is 5.92. The van der Waals surface area contributed by atoms with E-state index in [-0.39, 0.29) is 24.5 Å². The number of nitrogens with one attached hydrogen (secondary N) is 2. The number of carbonyl (C=O) groups is 1. The molecule has 3 aromatic carbocycles. The van der Waals surface area contributed by atoms with Crippen LogP contribution in [0.15, 0.2) is 60.8 Å². The fraction of sp³-hybridized carbons (Fsp3) is 0.280. The first-order valence-corrected chi connectivity index (χ1v) is 11.1. The maximum absolute atomic E-state index is 13.4. The molecule has 8 heteroatoms. The molecule has 4 aromatic rings. The van der Waals surface area contributed by atoms with E-state index in [0.29, 0.717) is 12.2 Å². The second-order valence-electron chi connectivity index (χ2n) is 8.51. The molecule has 7 nitrogen and oxygen atoms in total. The largest absolute Gasteiger partial charge is 0.394 e. The predicted octanol–water partition coefficient (Wildman–Crippen LogP) is 3.72. The molecule has 3 N–H and O–H groups in total. The lowest BCUT2D eigenvalue weighted by molar-refractivity contribution is 0.247.